The van der Waals surface area contributed by atoms with Crippen LogP contribution in [-0.2, 0) is 14.4 Å². The normalized spacial score (nSPS) is 21.1. The van der Waals surface area contributed by atoms with E-state index in [1.54, 1.807) is 4.90 Å². The fourth-order valence-electron chi connectivity index (χ4n) is 3.08. The van der Waals surface area contributed by atoms with Crippen molar-refractivity contribution in [3.63, 3.8) is 0 Å². The molecule has 0 spiro atoms. The summed E-state index contributed by atoms with van der Waals surface area (Å²) in [5.41, 5.74) is 1.47. The van der Waals surface area contributed by atoms with Crippen molar-refractivity contribution in [1.82, 2.24) is 5.32 Å². The molecule has 6 heteroatoms. The monoisotopic (exact) mass is 301 g/mol. The molecular formula is C16H19N3O3. The van der Waals surface area contributed by atoms with Gasteiger partial charge in [0.2, 0.25) is 17.7 Å². The van der Waals surface area contributed by atoms with Gasteiger partial charge < -0.3 is 10.2 Å². The molecule has 0 aromatic heterocycles. The van der Waals surface area contributed by atoms with Gasteiger partial charge in [0.25, 0.3) is 0 Å². The highest BCUT2D eigenvalue weighted by atomic mass is 16.2. The Kier molecular flexibility index (Phi) is 3.60. The average Bonchev–Trinajstić information content (AvgIpc) is 2.91. The minimum absolute atomic E-state index is 0.0143. The quantitative estimate of drug-likeness (QED) is 0.888. The van der Waals surface area contributed by atoms with Crippen LogP contribution in [0.1, 0.15) is 26.7 Å². The summed E-state index contributed by atoms with van der Waals surface area (Å²) in [6.07, 6.45) is 0.844. The lowest BCUT2D eigenvalue weighted by atomic mass is 10.1. The first-order chi connectivity index (χ1) is 10.5. The third kappa shape index (κ3) is 2.34. The first-order valence-corrected chi connectivity index (χ1v) is 7.51. The molecular weight excluding hydrogens is 282 g/mol. The van der Waals surface area contributed by atoms with Gasteiger partial charge in [0.15, 0.2) is 0 Å². The maximum atomic E-state index is 12.7. The van der Waals surface area contributed by atoms with E-state index in [0.29, 0.717) is 12.8 Å². The second-order valence-corrected chi connectivity index (χ2v) is 5.93. The van der Waals surface area contributed by atoms with Gasteiger partial charge in [0.05, 0.1) is 11.4 Å². The van der Waals surface area contributed by atoms with Gasteiger partial charge >= 0.3 is 0 Å². The number of nitrogens with one attached hydrogen (secondary N) is 1. The van der Waals surface area contributed by atoms with Crippen molar-refractivity contribution in [3.05, 3.63) is 24.3 Å². The third-order valence-electron chi connectivity index (χ3n) is 4.07. The van der Waals surface area contributed by atoms with Gasteiger partial charge in [-0.05, 0) is 32.4 Å². The van der Waals surface area contributed by atoms with Gasteiger partial charge in [-0.25, -0.2) is 0 Å². The number of carbonyl (C=O) groups is 3. The minimum Gasteiger partial charge on any atom is -0.344 e. The largest absolute Gasteiger partial charge is 0.344 e. The van der Waals surface area contributed by atoms with Gasteiger partial charge in [-0.15, -0.1) is 0 Å². The van der Waals surface area contributed by atoms with Crippen molar-refractivity contribution in [1.29, 1.82) is 0 Å². The summed E-state index contributed by atoms with van der Waals surface area (Å²) >= 11 is 0. The Morgan fingerprint density at radius 2 is 1.91 bits per heavy atom. The molecule has 3 rings (SSSR count). The van der Waals surface area contributed by atoms with Gasteiger partial charge in [-0.3, -0.25) is 19.3 Å². The number of anilines is 2. The molecule has 6 nitrogen and oxygen atoms in total. The van der Waals surface area contributed by atoms with Gasteiger partial charge in [0, 0.05) is 12.5 Å². The van der Waals surface area contributed by atoms with E-state index in [1.807, 2.05) is 38.1 Å². The Morgan fingerprint density at radius 1 is 1.23 bits per heavy atom. The Morgan fingerprint density at radius 3 is 2.50 bits per heavy atom. The molecule has 1 atom stereocenters. The number of amides is 3. The molecule has 2 aliphatic rings. The minimum atomic E-state index is -0.529. The Bertz CT molecular complexity index is 641. The van der Waals surface area contributed by atoms with Crippen LogP contribution in [0.5, 0.6) is 0 Å². The van der Waals surface area contributed by atoms with Crippen LogP contribution in [-0.4, -0.2) is 36.3 Å². The standard InChI is InChI=1S/C16H19N3O3/c1-10(2)19-13-6-4-3-5-12(13)18(9-15(19)21)16(22)11-7-8-14(20)17-11/h3-6,10-11H,7-9H2,1-2H3,(H,17,20). The Labute approximate surface area is 129 Å². The molecule has 1 aromatic carbocycles. The molecule has 0 bridgehead atoms. The van der Waals surface area contributed by atoms with Crippen molar-refractivity contribution in [3.8, 4) is 0 Å². The molecule has 116 valence electrons. The highest BCUT2D eigenvalue weighted by molar-refractivity contribution is 6.13. The number of benzene rings is 1. The summed E-state index contributed by atoms with van der Waals surface area (Å²) in [5.74, 6) is -0.430. The number of rotatable bonds is 2. The predicted molar refractivity (Wildman–Crippen MR) is 82.6 cm³/mol. The lowest BCUT2D eigenvalue weighted by Crippen LogP contribution is -2.54. The van der Waals surface area contributed by atoms with Crippen molar-refractivity contribution >= 4 is 29.1 Å². The SMILES string of the molecule is CC(C)N1C(=O)CN(C(=O)C2CCC(=O)N2)c2ccccc21. The van der Waals surface area contributed by atoms with Crippen molar-refractivity contribution in [2.75, 3.05) is 16.3 Å². The highest BCUT2D eigenvalue weighted by Crippen LogP contribution is 2.35. The van der Waals surface area contributed by atoms with E-state index in [0.717, 1.165) is 11.4 Å². The van der Waals surface area contributed by atoms with Gasteiger partial charge in [-0.2, -0.15) is 0 Å². The van der Waals surface area contributed by atoms with Crippen molar-refractivity contribution in [2.24, 2.45) is 0 Å². The summed E-state index contributed by atoms with van der Waals surface area (Å²) in [6, 6.07) is 6.88. The molecule has 3 amide bonds. The Hall–Kier alpha value is -2.37. The summed E-state index contributed by atoms with van der Waals surface area (Å²) in [6.45, 7) is 3.91. The van der Waals surface area contributed by atoms with Crippen LogP contribution in [0.3, 0.4) is 0 Å². The zero-order valence-corrected chi connectivity index (χ0v) is 12.7. The molecule has 0 saturated carbocycles. The molecule has 1 N–H and O–H groups in total. The summed E-state index contributed by atoms with van der Waals surface area (Å²) in [4.78, 5) is 39.7. The van der Waals surface area contributed by atoms with Crippen molar-refractivity contribution in [2.45, 2.75) is 38.8 Å². The smallest absolute Gasteiger partial charge is 0.250 e. The molecule has 2 heterocycles. The lowest BCUT2D eigenvalue weighted by Gasteiger charge is -2.38. The third-order valence-corrected chi connectivity index (χ3v) is 4.07. The number of fused-ring (bicyclic) bond motifs is 1. The topological polar surface area (TPSA) is 69.7 Å². The lowest BCUT2D eigenvalue weighted by molar-refractivity contribution is -0.125. The van der Waals surface area contributed by atoms with Gasteiger partial charge in [0.1, 0.15) is 12.6 Å². The number of para-hydroxylation sites is 2. The zero-order chi connectivity index (χ0) is 15.9. The van der Waals surface area contributed by atoms with Gasteiger partial charge in [-0.1, -0.05) is 12.1 Å². The maximum Gasteiger partial charge on any atom is 0.250 e. The molecule has 1 fully saturated rings. The average molecular weight is 301 g/mol. The van der Waals surface area contributed by atoms with Crippen LogP contribution < -0.4 is 15.1 Å². The first kappa shape index (κ1) is 14.6. The molecule has 1 saturated heterocycles. The van der Waals surface area contributed by atoms with E-state index in [4.69, 9.17) is 0 Å². The summed E-state index contributed by atoms with van der Waals surface area (Å²) in [7, 11) is 0. The van der Waals surface area contributed by atoms with Crippen LogP contribution >= 0.6 is 0 Å². The van der Waals surface area contributed by atoms with E-state index in [1.165, 1.54) is 4.90 Å². The summed E-state index contributed by atoms with van der Waals surface area (Å²) < 4.78 is 0. The van der Waals surface area contributed by atoms with Crippen LogP contribution in [0.2, 0.25) is 0 Å². The fourth-order valence-corrected chi connectivity index (χ4v) is 3.08. The van der Waals surface area contributed by atoms with Crippen LogP contribution in [0.15, 0.2) is 24.3 Å². The Balaban J connectivity index is 1.96. The number of carbonyl (C=O) groups excluding carboxylic acids is 3. The van der Waals surface area contributed by atoms with E-state index in [2.05, 4.69) is 5.32 Å². The zero-order valence-electron chi connectivity index (χ0n) is 12.7. The maximum absolute atomic E-state index is 12.7. The molecule has 1 aromatic rings. The van der Waals surface area contributed by atoms with Crippen LogP contribution in [0.4, 0.5) is 11.4 Å². The first-order valence-electron chi connectivity index (χ1n) is 7.51. The van der Waals surface area contributed by atoms with E-state index in [-0.39, 0.29) is 30.3 Å². The highest BCUT2D eigenvalue weighted by Gasteiger charge is 2.38. The number of hydrogen-bond acceptors (Lipinski definition) is 3. The predicted octanol–water partition coefficient (Wildman–Crippen LogP) is 1.05. The molecule has 22 heavy (non-hydrogen) atoms. The summed E-state index contributed by atoms with van der Waals surface area (Å²) in [5, 5.41) is 2.68. The fraction of sp³-hybridized carbons (Fsp3) is 0.438. The number of hydrogen-bond donors (Lipinski definition) is 1. The molecule has 1 unspecified atom stereocenters. The van der Waals surface area contributed by atoms with Crippen LogP contribution in [0.25, 0.3) is 0 Å². The second kappa shape index (κ2) is 5.44. The van der Waals surface area contributed by atoms with Crippen molar-refractivity contribution < 1.29 is 14.4 Å². The molecule has 0 aliphatic carbocycles. The second-order valence-electron chi connectivity index (χ2n) is 5.93. The molecule has 0 radical (unpaired) electrons. The van der Waals surface area contributed by atoms with Crippen LogP contribution in [0, 0.1) is 0 Å². The van der Waals surface area contributed by atoms with E-state index >= 15 is 0 Å². The number of nitrogens with zero attached hydrogens (tertiary/aromatic N) is 2. The van der Waals surface area contributed by atoms with E-state index in [9.17, 15) is 14.4 Å². The van der Waals surface area contributed by atoms with E-state index < -0.39 is 6.04 Å². The molecule has 2 aliphatic heterocycles.